The maximum absolute atomic E-state index is 14.6. The number of aryl methyl sites for hydroxylation is 1. The number of aromatic nitrogens is 5. The summed E-state index contributed by atoms with van der Waals surface area (Å²) in [7, 11) is -3.19. The number of nitrogens with one attached hydrogen (secondary N) is 3. The van der Waals surface area contributed by atoms with Crippen LogP contribution in [-0.2, 0) is 21.1 Å². The maximum Gasteiger partial charge on any atom is 0.224 e. The third-order valence-electron chi connectivity index (χ3n) is 7.23. The van der Waals surface area contributed by atoms with Gasteiger partial charge in [0.2, 0.25) is 5.91 Å². The first kappa shape index (κ1) is 28.2. The van der Waals surface area contributed by atoms with E-state index >= 15 is 0 Å². The van der Waals surface area contributed by atoms with E-state index in [0.29, 0.717) is 34.5 Å². The standard InChI is InChI=1S/C32H29FN6O3S/c1-3-4-31(40)36-24-12-22(15-34-16-24)20-5-6-28-26(13-20)32(39-38-28)29-14-25-27(17-35-18-30(25)37-29)21-9-19(10-23(33)11-21)7-8-43(2,41)42/h5-6,9-18,37H,3-4,7-8H2,1-2H3,(H,36,40)(H,38,39). The number of carbonyl (C=O) groups is 1. The van der Waals surface area contributed by atoms with Crippen molar-refractivity contribution in [2.75, 3.05) is 17.3 Å². The molecule has 0 atom stereocenters. The minimum Gasteiger partial charge on any atom is -0.352 e. The Morgan fingerprint density at radius 2 is 1.74 bits per heavy atom. The van der Waals surface area contributed by atoms with E-state index in [0.717, 1.165) is 45.0 Å². The molecule has 2 aromatic carbocycles. The monoisotopic (exact) mass is 596 g/mol. The van der Waals surface area contributed by atoms with Gasteiger partial charge < -0.3 is 10.3 Å². The second-order valence-electron chi connectivity index (χ2n) is 10.7. The molecule has 4 heterocycles. The third kappa shape index (κ3) is 6.17. The minimum absolute atomic E-state index is 0.0509. The number of halogens is 1. The van der Waals surface area contributed by atoms with Crippen LogP contribution < -0.4 is 5.32 Å². The zero-order valence-electron chi connectivity index (χ0n) is 23.6. The van der Waals surface area contributed by atoms with E-state index in [1.807, 2.05) is 37.3 Å². The number of hydrogen-bond donors (Lipinski definition) is 3. The summed E-state index contributed by atoms with van der Waals surface area (Å²) >= 11 is 0. The normalized spacial score (nSPS) is 11.8. The molecule has 0 unspecified atom stereocenters. The number of H-pyrrole nitrogens is 2. The summed E-state index contributed by atoms with van der Waals surface area (Å²) in [6, 6.07) is 14.4. The predicted molar refractivity (Wildman–Crippen MR) is 167 cm³/mol. The minimum atomic E-state index is -3.19. The number of hydrogen-bond acceptors (Lipinski definition) is 6. The number of nitrogens with zero attached hydrogens (tertiary/aromatic N) is 3. The molecule has 3 N–H and O–H groups in total. The van der Waals surface area contributed by atoms with Gasteiger partial charge in [-0.15, -0.1) is 0 Å². The highest BCUT2D eigenvalue weighted by Crippen LogP contribution is 2.35. The molecule has 11 heteroatoms. The van der Waals surface area contributed by atoms with E-state index in [9.17, 15) is 17.6 Å². The average Bonchev–Trinajstić information content (AvgIpc) is 3.59. The predicted octanol–water partition coefficient (Wildman–Crippen LogP) is 6.30. The highest BCUT2D eigenvalue weighted by Gasteiger charge is 2.16. The Morgan fingerprint density at radius 1 is 0.907 bits per heavy atom. The van der Waals surface area contributed by atoms with Crippen LogP contribution in [0.5, 0.6) is 0 Å². The molecule has 0 radical (unpaired) electrons. The van der Waals surface area contributed by atoms with Gasteiger partial charge >= 0.3 is 0 Å². The fourth-order valence-corrected chi connectivity index (χ4v) is 5.78. The molecule has 0 aliphatic carbocycles. The van der Waals surface area contributed by atoms with E-state index in [4.69, 9.17) is 0 Å². The molecule has 0 bridgehead atoms. The van der Waals surface area contributed by atoms with Crippen molar-refractivity contribution in [2.45, 2.75) is 26.2 Å². The number of benzene rings is 2. The van der Waals surface area contributed by atoms with Gasteiger partial charge in [-0.2, -0.15) is 5.10 Å². The van der Waals surface area contributed by atoms with Crippen molar-refractivity contribution in [3.8, 4) is 33.6 Å². The number of amides is 1. The Morgan fingerprint density at radius 3 is 2.56 bits per heavy atom. The molecular formula is C32H29FN6O3S. The summed E-state index contributed by atoms with van der Waals surface area (Å²) in [6.07, 6.45) is 9.35. The van der Waals surface area contributed by atoms with E-state index in [1.165, 1.54) is 18.4 Å². The lowest BCUT2D eigenvalue weighted by atomic mass is 10.00. The molecule has 0 aliphatic heterocycles. The second kappa shape index (κ2) is 11.4. The van der Waals surface area contributed by atoms with Crippen LogP contribution in [0.2, 0.25) is 0 Å². The van der Waals surface area contributed by atoms with Crippen LogP contribution in [0.3, 0.4) is 0 Å². The highest BCUT2D eigenvalue weighted by molar-refractivity contribution is 7.90. The van der Waals surface area contributed by atoms with Crippen LogP contribution in [0, 0.1) is 5.82 Å². The zero-order chi connectivity index (χ0) is 30.1. The van der Waals surface area contributed by atoms with Gasteiger partial charge in [0, 0.05) is 47.0 Å². The molecule has 9 nitrogen and oxygen atoms in total. The summed E-state index contributed by atoms with van der Waals surface area (Å²) in [5.74, 6) is -0.553. The van der Waals surface area contributed by atoms with Crippen molar-refractivity contribution in [3.05, 3.63) is 84.7 Å². The lowest BCUT2D eigenvalue weighted by Gasteiger charge is -2.07. The van der Waals surface area contributed by atoms with Crippen LogP contribution >= 0.6 is 0 Å². The number of fused-ring (bicyclic) bond motifs is 2. The van der Waals surface area contributed by atoms with Gasteiger partial charge in [0.05, 0.1) is 40.6 Å². The van der Waals surface area contributed by atoms with Crippen LogP contribution in [0.1, 0.15) is 25.3 Å². The van der Waals surface area contributed by atoms with Crippen molar-refractivity contribution >= 4 is 43.2 Å². The molecule has 0 aliphatic rings. The molecule has 0 saturated carbocycles. The van der Waals surface area contributed by atoms with E-state index in [1.54, 1.807) is 30.9 Å². The van der Waals surface area contributed by atoms with Crippen molar-refractivity contribution in [1.29, 1.82) is 0 Å². The topological polar surface area (TPSA) is 133 Å². The third-order valence-corrected chi connectivity index (χ3v) is 8.17. The summed E-state index contributed by atoms with van der Waals surface area (Å²) in [5, 5.41) is 12.3. The molecule has 0 saturated heterocycles. The van der Waals surface area contributed by atoms with Gasteiger partial charge in [0.1, 0.15) is 21.3 Å². The lowest BCUT2D eigenvalue weighted by molar-refractivity contribution is -0.116. The number of anilines is 1. The SMILES string of the molecule is CCCC(=O)Nc1cncc(-c2ccc3[nH]nc(-c4cc5c(-c6cc(F)cc(CCS(C)(=O)=O)c6)cncc5[nH]4)c3c2)c1. The van der Waals surface area contributed by atoms with Crippen molar-refractivity contribution in [2.24, 2.45) is 0 Å². The fourth-order valence-electron chi connectivity index (χ4n) is 5.18. The molecule has 6 aromatic rings. The smallest absolute Gasteiger partial charge is 0.224 e. The van der Waals surface area contributed by atoms with Crippen molar-refractivity contribution in [3.63, 3.8) is 0 Å². The largest absolute Gasteiger partial charge is 0.352 e. The molecule has 6 rings (SSSR count). The Bertz CT molecular complexity index is 2100. The zero-order valence-corrected chi connectivity index (χ0v) is 24.4. The number of pyridine rings is 2. The molecule has 0 spiro atoms. The first-order valence-electron chi connectivity index (χ1n) is 13.8. The molecule has 43 heavy (non-hydrogen) atoms. The van der Waals surface area contributed by atoms with Crippen LogP contribution in [0.25, 0.3) is 55.4 Å². The van der Waals surface area contributed by atoms with Gasteiger partial charge in [-0.3, -0.25) is 19.9 Å². The number of sulfone groups is 1. The Kier molecular flexibility index (Phi) is 7.49. The first-order chi connectivity index (χ1) is 20.7. The lowest BCUT2D eigenvalue weighted by Crippen LogP contribution is -2.10. The molecule has 1 amide bonds. The second-order valence-corrected chi connectivity index (χ2v) is 12.9. The average molecular weight is 597 g/mol. The molecule has 4 aromatic heterocycles. The Hall–Kier alpha value is -4.90. The summed E-state index contributed by atoms with van der Waals surface area (Å²) in [4.78, 5) is 24.2. The van der Waals surface area contributed by atoms with Crippen LogP contribution in [-0.4, -0.2) is 51.5 Å². The van der Waals surface area contributed by atoms with Gasteiger partial charge in [-0.05, 0) is 65.9 Å². The van der Waals surface area contributed by atoms with Crippen molar-refractivity contribution in [1.82, 2.24) is 25.1 Å². The molecule has 0 fully saturated rings. The Labute approximate surface area is 247 Å². The van der Waals surface area contributed by atoms with Crippen LogP contribution in [0.4, 0.5) is 10.1 Å². The number of aromatic amines is 2. The van der Waals surface area contributed by atoms with Gasteiger partial charge in [0.25, 0.3) is 0 Å². The molecular weight excluding hydrogens is 567 g/mol. The fraction of sp³-hybridized carbons (Fsp3) is 0.188. The summed E-state index contributed by atoms with van der Waals surface area (Å²) in [5.41, 5.74) is 7.37. The first-order valence-corrected chi connectivity index (χ1v) is 15.9. The van der Waals surface area contributed by atoms with Crippen molar-refractivity contribution < 1.29 is 17.6 Å². The summed E-state index contributed by atoms with van der Waals surface area (Å²) in [6.45, 7) is 1.96. The van der Waals surface area contributed by atoms with Gasteiger partial charge in [0.15, 0.2) is 0 Å². The Balaban J connectivity index is 1.37. The summed E-state index contributed by atoms with van der Waals surface area (Å²) < 4.78 is 38.0. The van der Waals surface area contributed by atoms with Gasteiger partial charge in [-0.25, -0.2) is 12.8 Å². The maximum atomic E-state index is 14.6. The quantitative estimate of drug-likeness (QED) is 0.179. The molecule has 218 valence electrons. The van der Waals surface area contributed by atoms with E-state index in [2.05, 4.69) is 30.5 Å². The van der Waals surface area contributed by atoms with E-state index in [-0.39, 0.29) is 18.1 Å². The van der Waals surface area contributed by atoms with E-state index < -0.39 is 15.7 Å². The van der Waals surface area contributed by atoms with Crippen LogP contribution in [0.15, 0.2) is 73.3 Å². The number of rotatable bonds is 9. The van der Waals surface area contributed by atoms with Gasteiger partial charge in [-0.1, -0.05) is 19.1 Å². The highest BCUT2D eigenvalue weighted by atomic mass is 32.2. The number of carbonyl (C=O) groups excluding carboxylic acids is 1.